The quantitative estimate of drug-likeness (QED) is 0.0261. The van der Waals surface area contributed by atoms with E-state index in [9.17, 15) is 14.4 Å². The van der Waals surface area contributed by atoms with E-state index in [1.807, 2.05) is 0 Å². The Bertz CT molecular complexity index is 1230. The van der Waals surface area contributed by atoms with Gasteiger partial charge in [0.1, 0.15) is 13.2 Å². The van der Waals surface area contributed by atoms with Gasteiger partial charge in [0, 0.05) is 19.3 Å². The van der Waals surface area contributed by atoms with Crippen molar-refractivity contribution in [1.29, 1.82) is 0 Å². The standard InChI is InChI=1S/C70H132O6/c1-4-7-10-13-16-19-22-24-26-27-28-29-30-31-32-33-34-35-36-37-38-39-40-41-42-43-44-46-48-51-54-57-60-63-69(72)75-66-67(65-74-68(71)62-59-56-53-50-47-21-18-15-12-9-6-3)76-70(73)64-61-58-55-52-49-45-25-23-20-17-14-11-8-5-2/h15,18,27-28,67H,4-14,16-17,19-26,29-66H2,1-3H3/b18-15-,28-27-. The third-order valence-corrected chi connectivity index (χ3v) is 15.7. The Hall–Kier alpha value is -2.11. The number of rotatable bonds is 64. The lowest BCUT2D eigenvalue weighted by Gasteiger charge is -2.18. The molecule has 0 aliphatic rings. The predicted octanol–water partition coefficient (Wildman–Crippen LogP) is 23.4. The van der Waals surface area contributed by atoms with Gasteiger partial charge < -0.3 is 14.2 Å². The third-order valence-electron chi connectivity index (χ3n) is 15.7. The van der Waals surface area contributed by atoms with Crippen LogP contribution in [-0.4, -0.2) is 37.2 Å². The molecule has 0 aromatic heterocycles. The molecule has 0 saturated heterocycles. The Labute approximate surface area is 474 Å². The smallest absolute Gasteiger partial charge is 0.306 e. The maximum atomic E-state index is 12.9. The molecule has 0 saturated carbocycles. The van der Waals surface area contributed by atoms with Crippen LogP contribution < -0.4 is 0 Å². The fourth-order valence-corrected chi connectivity index (χ4v) is 10.5. The molecule has 1 atom stereocenters. The largest absolute Gasteiger partial charge is 0.462 e. The van der Waals surface area contributed by atoms with Gasteiger partial charge >= 0.3 is 17.9 Å². The highest BCUT2D eigenvalue weighted by atomic mass is 16.6. The molecule has 0 aromatic rings. The van der Waals surface area contributed by atoms with Crippen LogP contribution in [0.4, 0.5) is 0 Å². The first-order chi connectivity index (χ1) is 37.5. The summed E-state index contributed by atoms with van der Waals surface area (Å²) in [4.78, 5) is 38.2. The maximum Gasteiger partial charge on any atom is 0.306 e. The second kappa shape index (κ2) is 65.4. The second-order valence-electron chi connectivity index (χ2n) is 23.4. The number of hydrogen-bond donors (Lipinski definition) is 0. The molecule has 448 valence electrons. The van der Waals surface area contributed by atoms with Crippen molar-refractivity contribution in [2.75, 3.05) is 13.2 Å². The fourth-order valence-electron chi connectivity index (χ4n) is 10.5. The van der Waals surface area contributed by atoms with Crippen molar-refractivity contribution in [2.24, 2.45) is 0 Å². The van der Waals surface area contributed by atoms with Crippen LogP contribution >= 0.6 is 0 Å². The summed E-state index contributed by atoms with van der Waals surface area (Å²) in [5.74, 6) is -0.852. The van der Waals surface area contributed by atoms with Crippen molar-refractivity contribution in [3.63, 3.8) is 0 Å². The van der Waals surface area contributed by atoms with Crippen molar-refractivity contribution in [3.05, 3.63) is 24.3 Å². The first kappa shape index (κ1) is 73.9. The van der Waals surface area contributed by atoms with Crippen molar-refractivity contribution >= 4 is 17.9 Å². The Morgan fingerprint density at radius 3 is 0.697 bits per heavy atom. The Morgan fingerprint density at radius 1 is 0.250 bits per heavy atom. The van der Waals surface area contributed by atoms with Crippen molar-refractivity contribution in [2.45, 2.75) is 393 Å². The summed E-state index contributed by atoms with van der Waals surface area (Å²) in [6, 6.07) is 0. The van der Waals surface area contributed by atoms with Crippen LogP contribution in [0.3, 0.4) is 0 Å². The zero-order valence-corrected chi connectivity index (χ0v) is 51.6. The highest BCUT2D eigenvalue weighted by molar-refractivity contribution is 5.71. The van der Waals surface area contributed by atoms with Crippen LogP contribution in [0.5, 0.6) is 0 Å². The van der Waals surface area contributed by atoms with E-state index < -0.39 is 6.10 Å². The SMILES string of the molecule is CCCC/C=C\CCCCCCCC(=O)OCC(COC(=O)CCCCCCCCCCCCCCCCCCCCCCC/C=C\CCCCCCCCCC)OC(=O)CCCCCCCCCCCCCCCC. The molecule has 0 spiro atoms. The Kier molecular flexibility index (Phi) is 63.6. The number of unbranched alkanes of at least 4 members (excludes halogenated alkanes) is 49. The molecule has 6 heteroatoms. The minimum Gasteiger partial charge on any atom is -0.462 e. The van der Waals surface area contributed by atoms with Gasteiger partial charge in [-0.3, -0.25) is 14.4 Å². The van der Waals surface area contributed by atoms with Crippen molar-refractivity contribution in [3.8, 4) is 0 Å². The zero-order valence-electron chi connectivity index (χ0n) is 51.6. The van der Waals surface area contributed by atoms with Crippen LogP contribution in [0.25, 0.3) is 0 Å². The fraction of sp³-hybridized carbons (Fsp3) is 0.900. The van der Waals surface area contributed by atoms with Gasteiger partial charge in [-0.1, -0.05) is 328 Å². The van der Waals surface area contributed by atoms with Gasteiger partial charge in [-0.25, -0.2) is 0 Å². The van der Waals surface area contributed by atoms with Crippen LogP contribution in [0, 0.1) is 0 Å². The van der Waals surface area contributed by atoms with Crippen molar-refractivity contribution < 1.29 is 28.6 Å². The van der Waals surface area contributed by atoms with E-state index in [1.165, 1.54) is 283 Å². The number of ether oxygens (including phenoxy) is 3. The summed E-state index contributed by atoms with van der Waals surface area (Å²) in [5.41, 5.74) is 0. The van der Waals surface area contributed by atoms with E-state index in [4.69, 9.17) is 14.2 Å². The van der Waals surface area contributed by atoms with E-state index in [0.29, 0.717) is 19.3 Å². The van der Waals surface area contributed by atoms with E-state index >= 15 is 0 Å². The van der Waals surface area contributed by atoms with Gasteiger partial charge in [0.25, 0.3) is 0 Å². The summed E-state index contributed by atoms with van der Waals surface area (Å²) in [6.45, 7) is 6.66. The molecule has 0 aliphatic heterocycles. The zero-order chi connectivity index (χ0) is 55.0. The molecule has 0 radical (unpaired) electrons. The molecule has 0 aliphatic carbocycles. The molecule has 0 heterocycles. The van der Waals surface area contributed by atoms with Gasteiger partial charge in [-0.2, -0.15) is 0 Å². The Balaban J connectivity index is 4.01. The summed E-state index contributed by atoms with van der Waals surface area (Å²) >= 11 is 0. The van der Waals surface area contributed by atoms with Gasteiger partial charge in [0.15, 0.2) is 6.10 Å². The molecule has 0 N–H and O–H groups in total. The van der Waals surface area contributed by atoms with Gasteiger partial charge in [0.05, 0.1) is 0 Å². The Morgan fingerprint density at radius 2 is 0.447 bits per heavy atom. The summed E-state index contributed by atoms with van der Waals surface area (Å²) in [7, 11) is 0. The molecule has 0 aromatic carbocycles. The van der Waals surface area contributed by atoms with Crippen LogP contribution in [0.2, 0.25) is 0 Å². The van der Waals surface area contributed by atoms with E-state index in [0.717, 1.165) is 64.2 Å². The van der Waals surface area contributed by atoms with E-state index in [2.05, 4.69) is 45.1 Å². The number of esters is 3. The molecule has 0 rings (SSSR count). The lowest BCUT2D eigenvalue weighted by atomic mass is 10.0. The molecular formula is C70H132O6. The molecule has 76 heavy (non-hydrogen) atoms. The normalized spacial score (nSPS) is 12.1. The van der Waals surface area contributed by atoms with E-state index in [-0.39, 0.29) is 31.1 Å². The lowest BCUT2D eigenvalue weighted by Crippen LogP contribution is -2.30. The number of hydrogen-bond acceptors (Lipinski definition) is 6. The molecular weight excluding hydrogens is 937 g/mol. The first-order valence-electron chi connectivity index (χ1n) is 34.3. The highest BCUT2D eigenvalue weighted by Gasteiger charge is 2.19. The molecule has 0 amide bonds. The maximum absolute atomic E-state index is 12.9. The average molecular weight is 1070 g/mol. The predicted molar refractivity (Wildman–Crippen MR) is 330 cm³/mol. The summed E-state index contributed by atoms with van der Waals surface area (Å²) in [5, 5.41) is 0. The first-order valence-corrected chi connectivity index (χ1v) is 34.3. The topological polar surface area (TPSA) is 78.9 Å². The molecule has 0 bridgehead atoms. The van der Waals surface area contributed by atoms with Gasteiger partial charge in [0.2, 0.25) is 0 Å². The summed E-state index contributed by atoms with van der Waals surface area (Å²) < 4.78 is 16.9. The lowest BCUT2D eigenvalue weighted by molar-refractivity contribution is -0.167. The van der Waals surface area contributed by atoms with E-state index in [1.54, 1.807) is 0 Å². The molecule has 1 unspecified atom stereocenters. The van der Waals surface area contributed by atoms with Gasteiger partial charge in [-0.15, -0.1) is 0 Å². The minimum absolute atomic E-state index is 0.0677. The monoisotopic (exact) mass is 1070 g/mol. The van der Waals surface area contributed by atoms with Crippen LogP contribution in [0.15, 0.2) is 24.3 Å². The van der Waals surface area contributed by atoms with Gasteiger partial charge in [-0.05, 0) is 64.2 Å². The number of carbonyl (C=O) groups is 3. The average Bonchev–Trinajstić information content (AvgIpc) is 3.42. The minimum atomic E-state index is -0.769. The second-order valence-corrected chi connectivity index (χ2v) is 23.4. The third kappa shape index (κ3) is 62.7. The van der Waals surface area contributed by atoms with Crippen LogP contribution in [-0.2, 0) is 28.6 Å². The highest BCUT2D eigenvalue weighted by Crippen LogP contribution is 2.18. The van der Waals surface area contributed by atoms with Crippen molar-refractivity contribution in [1.82, 2.24) is 0 Å². The van der Waals surface area contributed by atoms with Crippen LogP contribution in [0.1, 0.15) is 387 Å². The molecule has 0 fully saturated rings. The number of allylic oxidation sites excluding steroid dienone is 4. The molecule has 6 nitrogen and oxygen atoms in total. The number of carbonyl (C=O) groups excluding carboxylic acids is 3. The summed E-state index contributed by atoms with van der Waals surface area (Å²) in [6.07, 6.45) is 79.4.